The summed E-state index contributed by atoms with van der Waals surface area (Å²) in [6.07, 6.45) is 4.52. The maximum absolute atomic E-state index is 10.8. The second-order valence-corrected chi connectivity index (χ2v) is 5.86. The molecule has 0 aliphatic carbocycles. The zero-order valence-corrected chi connectivity index (χ0v) is 15.0. The van der Waals surface area contributed by atoms with Gasteiger partial charge in [0.15, 0.2) is 0 Å². The number of nitrogens with zero attached hydrogens (tertiary/aromatic N) is 2. The van der Waals surface area contributed by atoms with E-state index in [1.54, 1.807) is 13.1 Å². The van der Waals surface area contributed by atoms with Crippen LogP contribution in [0, 0.1) is 5.92 Å². The SMILES string of the molecule is CC(C)=O.CCCN(CCC)c1ccc(C[C@H](C)C(=O)O)cn1. The molecule has 1 atom stereocenters. The minimum Gasteiger partial charge on any atom is -0.481 e. The molecule has 0 fully saturated rings. The van der Waals surface area contributed by atoms with Crippen molar-refractivity contribution in [3.63, 3.8) is 0 Å². The summed E-state index contributed by atoms with van der Waals surface area (Å²) in [5.41, 5.74) is 0.978. The largest absolute Gasteiger partial charge is 0.481 e. The van der Waals surface area contributed by atoms with Crippen molar-refractivity contribution in [3.8, 4) is 0 Å². The van der Waals surface area contributed by atoms with E-state index in [9.17, 15) is 9.59 Å². The maximum Gasteiger partial charge on any atom is 0.306 e. The molecule has 0 aliphatic heterocycles. The number of pyridine rings is 1. The van der Waals surface area contributed by atoms with Crippen molar-refractivity contribution in [1.29, 1.82) is 0 Å². The number of aliphatic carboxylic acids is 1. The van der Waals surface area contributed by atoms with E-state index < -0.39 is 5.97 Å². The third-order valence-corrected chi connectivity index (χ3v) is 3.08. The van der Waals surface area contributed by atoms with Crippen molar-refractivity contribution < 1.29 is 14.7 Å². The molecule has 130 valence electrons. The molecule has 1 rings (SSSR count). The molecule has 0 radical (unpaired) electrons. The number of anilines is 1. The van der Waals surface area contributed by atoms with E-state index in [0.717, 1.165) is 37.3 Å². The Kier molecular flexibility index (Phi) is 10.7. The van der Waals surface area contributed by atoms with Crippen LogP contribution in [0.15, 0.2) is 18.3 Å². The first-order chi connectivity index (χ1) is 10.8. The monoisotopic (exact) mass is 322 g/mol. The van der Waals surface area contributed by atoms with Crippen LogP contribution in [0.2, 0.25) is 0 Å². The molecule has 0 unspecified atom stereocenters. The lowest BCUT2D eigenvalue weighted by Crippen LogP contribution is -2.25. The van der Waals surface area contributed by atoms with Gasteiger partial charge in [-0.05, 0) is 44.7 Å². The average Bonchev–Trinajstić information content (AvgIpc) is 2.47. The normalized spacial score (nSPS) is 11.2. The van der Waals surface area contributed by atoms with E-state index >= 15 is 0 Å². The van der Waals surface area contributed by atoms with Crippen LogP contribution in [0.1, 0.15) is 53.0 Å². The third kappa shape index (κ3) is 9.66. The molecule has 1 heterocycles. The lowest BCUT2D eigenvalue weighted by molar-refractivity contribution is -0.141. The van der Waals surface area contributed by atoms with Crippen LogP contribution in [-0.4, -0.2) is 34.9 Å². The van der Waals surface area contributed by atoms with Gasteiger partial charge in [0.1, 0.15) is 11.6 Å². The van der Waals surface area contributed by atoms with Crippen LogP contribution in [-0.2, 0) is 16.0 Å². The molecule has 1 N–H and O–H groups in total. The number of carboxylic acids is 1. The summed E-state index contributed by atoms with van der Waals surface area (Å²) in [6, 6.07) is 3.98. The minimum absolute atomic E-state index is 0.167. The molecule has 0 spiro atoms. The Bertz CT molecular complexity index is 462. The summed E-state index contributed by atoms with van der Waals surface area (Å²) in [7, 11) is 0. The summed E-state index contributed by atoms with van der Waals surface area (Å²) in [5, 5.41) is 8.90. The first-order valence-electron chi connectivity index (χ1n) is 8.21. The number of carbonyl (C=O) groups is 2. The molecular formula is C18H30N2O3. The highest BCUT2D eigenvalue weighted by Crippen LogP contribution is 2.14. The fourth-order valence-corrected chi connectivity index (χ4v) is 2.05. The molecule has 0 saturated carbocycles. The van der Waals surface area contributed by atoms with Gasteiger partial charge in [0.25, 0.3) is 0 Å². The Balaban J connectivity index is 0.00000108. The Morgan fingerprint density at radius 2 is 1.70 bits per heavy atom. The van der Waals surface area contributed by atoms with Crippen LogP contribution in [0.4, 0.5) is 5.82 Å². The van der Waals surface area contributed by atoms with E-state index in [1.165, 1.54) is 13.8 Å². The number of carboxylic acid groups (broad SMARTS) is 1. The summed E-state index contributed by atoms with van der Waals surface area (Å²) in [5.74, 6) is 0.0214. The number of ketones is 1. The van der Waals surface area contributed by atoms with Gasteiger partial charge in [0, 0.05) is 19.3 Å². The molecule has 0 aromatic carbocycles. The second kappa shape index (κ2) is 11.6. The highest BCUT2D eigenvalue weighted by atomic mass is 16.4. The van der Waals surface area contributed by atoms with Crippen LogP contribution >= 0.6 is 0 Å². The third-order valence-electron chi connectivity index (χ3n) is 3.08. The minimum atomic E-state index is -0.761. The molecule has 0 saturated heterocycles. The van der Waals surface area contributed by atoms with Crippen molar-refractivity contribution in [2.45, 2.75) is 53.9 Å². The Labute approximate surface area is 139 Å². The molecule has 5 nitrogen and oxygen atoms in total. The van der Waals surface area contributed by atoms with Gasteiger partial charge in [-0.3, -0.25) is 4.79 Å². The van der Waals surface area contributed by atoms with Gasteiger partial charge in [-0.25, -0.2) is 4.98 Å². The number of aromatic nitrogens is 1. The fraction of sp³-hybridized carbons (Fsp3) is 0.611. The van der Waals surface area contributed by atoms with Crippen LogP contribution in [0.25, 0.3) is 0 Å². The summed E-state index contributed by atoms with van der Waals surface area (Å²) in [6.45, 7) is 11.1. The number of Topliss-reactive ketones (excluding diaryl/α,β-unsaturated/α-hetero) is 1. The highest BCUT2D eigenvalue weighted by Gasteiger charge is 2.12. The fourth-order valence-electron chi connectivity index (χ4n) is 2.05. The summed E-state index contributed by atoms with van der Waals surface area (Å²) in [4.78, 5) is 27.0. The van der Waals surface area contributed by atoms with E-state index in [4.69, 9.17) is 5.11 Å². The van der Waals surface area contributed by atoms with Gasteiger partial charge in [-0.1, -0.05) is 26.8 Å². The van der Waals surface area contributed by atoms with Gasteiger partial charge < -0.3 is 14.8 Å². The van der Waals surface area contributed by atoms with E-state index in [0.29, 0.717) is 6.42 Å². The van der Waals surface area contributed by atoms with Crippen LogP contribution in [0.5, 0.6) is 0 Å². The first kappa shape index (κ1) is 21.1. The highest BCUT2D eigenvalue weighted by molar-refractivity contribution is 5.72. The predicted octanol–water partition coefficient (Wildman–Crippen LogP) is 3.57. The second-order valence-electron chi connectivity index (χ2n) is 5.86. The molecule has 0 aliphatic rings. The molecule has 0 amide bonds. The van der Waals surface area contributed by atoms with Gasteiger partial charge in [0.2, 0.25) is 0 Å². The van der Waals surface area contributed by atoms with Gasteiger partial charge in [0.05, 0.1) is 5.92 Å². The Morgan fingerprint density at radius 3 is 2.04 bits per heavy atom. The average molecular weight is 322 g/mol. The first-order valence-corrected chi connectivity index (χ1v) is 8.21. The molecule has 1 aromatic rings. The Hall–Kier alpha value is -1.91. The lowest BCUT2D eigenvalue weighted by atomic mass is 10.0. The number of carbonyl (C=O) groups excluding carboxylic acids is 1. The topological polar surface area (TPSA) is 70.5 Å². The quantitative estimate of drug-likeness (QED) is 0.792. The molecule has 0 bridgehead atoms. The van der Waals surface area contributed by atoms with Gasteiger partial charge in [-0.15, -0.1) is 0 Å². The molecular weight excluding hydrogens is 292 g/mol. The lowest BCUT2D eigenvalue weighted by Gasteiger charge is -2.22. The maximum atomic E-state index is 10.8. The van der Waals surface area contributed by atoms with Gasteiger partial charge in [-0.2, -0.15) is 0 Å². The number of hydrogen-bond acceptors (Lipinski definition) is 4. The van der Waals surface area contributed by atoms with Crippen LogP contribution in [0.3, 0.4) is 0 Å². The van der Waals surface area contributed by atoms with Gasteiger partial charge >= 0.3 is 5.97 Å². The number of hydrogen-bond donors (Lipinski definition) is 1. The molecule has 5 heteroatoms. The number of rotatable bonds is 8. The zero-order chi connectivity index (χ0) is 17.8. The van der Waals surface area contributed by atoms with Crippen molar-refractivity contribution in [1.82, 2.24) is 4.98 Å². The summed E-state index contributed by atoms with van der Waals surface area (Å²) < 4.78 is 0. The molecule has 23 heavy (non-hydrogen) atoms. The van der Waals surface area contributed by atoms with E-state index in [2.05, 4.69) is 23.7 Å². The van der Waals surface area contributed by atoms with Crippen molar-refractivity contribution in [2.75, 3.05) is 18.0 Å². The predicted molar refractivity (Wildman–Crippen MR) is 93.9 cm³/mol. The molecule has 1 aromatic heterocycles. The standard InChI is InChI=1S/C15H24N2O2.C3H6O/c1-4-8-17(9-5-2)14-7-6-13(11-16-14)10-12(3)15(18)19;1-3(2)4/h6-7,11-12H,4-5,8-10H2,1-3H3,(H,18,19);1-2H3/t12-;/m0./s1. The Morgan fingerprint density at radius 1 is 1.17 bits per heavy atom. The smallest absolute Gasteiger partial charge is 0.306 e. The van der Waals surface area contributed by atoms with E-state index in [-0.39, 0.29) is 11.7 Å². The van der Waals surface area contributed by atoms with Crippen LogP contribution < -0.4 is 4.90 Å². The summed E-state index contributed by atoms with van der Waals surface area (Å²) >= 11 is 0. The van der Waals surface area contributed by atoms with Crippen molar-refractivity contribution in [3.05, 3.63) is 23.9 Å². The van der Waals surface area contributed by atoms with E-state index in [1.807, 2.05) is 12.1 Å². The zero-order valence-electron chi connectivity index (χ0n) is 15.0. The van der Waals surface area contributed by atoms with Crippen molar-refractivity contribution in [2.24, 2.45) is 5.92 Å². The van der Waals surface area contributed by atoms with Crippen molar-refractivity contribution >= 4 is 17.6 Å².